The number of fused-ring (bicyclic) bond motifs is 2. The van der Waals surface area contributed by atoms with E-state index in [1.165, 1.54) is 0 Å². The highest BCUT2D eigenvalue weighted by Crippen LogP contribution is 2.47. The number of hydrogen-bond acceptors (Lipinski definition) is 10. The Balaban J connectivity index is 0.787. The SMILES string of the molecule is CC1(C)C(=O)N(c2ccc(C#N)c(Cl)c2)c2ccc(-c3ccc(N4CC(CN5CCN(c6ccc7c(c6)C(=O)N(C6CCC(=O)NC6=O)C7=O)CC5)C4)nc3)cc21. The molecule has 5 aliphatic rings. The molecule has 1 aromatic heterocycles. The maximum Gasteiger partial charge on any atom is 0.262 e. The number of benzene rings is 3. The maximum absolute atomic E-state index is 13.7. The summed E-state index contributed by atoms with van der Waals surface area (Å²) in [5.41, 5.74) is 5.34. The van der Waals surface area contributed by atoms with Crippen LogP contribution in [0, 0.1) is 17.2 Å². The molecule has 13 nitrogen and oxygen atoms in total. The summed E-state index contributed by atoms with van der Waals surface area (Å²) in [5, 5.41) is 11.8. The summed E-state index contributed by atoms with van der Waals surface area (Å²) >= 11 is 6.33. The number of piperazine rings is 1. The number of carbonyl (C=O) groups excluding carboxylic acids is 5. The molecule has 0 saturated carbocycles. The summed E-state index contributed by atoms with van der Waals surface area (Å²) in [6.45, 7) is 9.98. The molecule has 14 heteroatoms. The Morgan fingerprint density at radius 2 is 1.58 bits per heavy atom. The molecule has 1 unspecified atom stereocenters. The lowest BCUT2D eigenvalue weighted by molar-refractivity contribution is -0.136. The lowest BCUT2D eigenvalue weighted by Gasteiger charge is -2.44. The van der Waals surface area contributed by atoms with Crippen molar-refractivity contribution in [3.8, 4) is 17.2 Å². The number of aromatic nitrogens is 1. The van der Waals surface area contributed by atoms with Gasteiger partial charge in [-0.3, -0.25) is 44.0 Å². The number of carbonyl (C=O) groups is 5. The summed E-state index contributed by atoms with van der Waals surface area (Å²) in [4.78, 5) is 78.6. The van der Waals surface area contributed by atoms with Gasteiger partial charge in [0.2, 0.25) is 17.7 Å². The van der Waals surface area contributed by atoms with Crippen molar-refractivity contribution in [2.75, 3.05) is 60.5 Å². The highest BCUT2D eigenvalue weighted by atomic mass is 35.5. The Kier molecular flexibility index (Phi) is 8.86. The first-order chi connectivity index (χ1) is 27.4. The first-order valence-corrected chi connectivity index (χ1v) is 19.5. The lowest BCUT2D eigenvalue weighted by Crippen LogP contribution is -2.55. The van der Waals surface area contributed by atoms with Gasteiger partial charge in [0, 0.05) is 75.6 Å². The number of halogens is 1. The van der Waals surface area contributed by atoms with Crippen LogP contribution in [0.5, 0.6) is 0 Å². The van der Waals surface area contributed by atoms with Gasteiger partial charge in [-0.15, -0.1) is 0 Å². The fourth-order valence-corrected chi connectivity index (χ4v) is 8.95. The van der Waals surface area contributed by atoms with Crippen molar-refractivity contribution in [1.82, 2.24) is 20.1 Å². The molecule has 0 aliphatic carbocycles. The van der Waals surface area contributed by atoms with Crippen molar-refractivity contribution in [1.29, 1.82) is 5.26 Å². The average molecular weight is 783 g/mol. The fraction of sp³-hybridized carbons (Fsp3) is 0.326. The number of piperidine rings is 1. The summed E-state index contributed by atoms with van der Waals surface area (Å²) < 4.78 is 0. The standard InChI is InChI=1S/C43H39ClN8O5/c1-43(2)33-17-26(4-9-35(33)51(42(43)57)30-6-3-27(20-45)34(44)19-30)28-5-11-37(46-21-28)50-23-25(24-50)22-48-13-15-49(16-14-48)29-7-8-31-32(18-29)41(56)52(40(31)55)36-10-12-38(53)47-39(36)54/h3-9,11,17-19,21,25,36H,10,12-16,22-24H2,1-2H3,(H,47,53,54). The molecule has 57 heavy (non-hydrogen) atoms. The van der Waals surface area contributed by atoms with Crippen LogP contribution in [0.15, 0.2) is 72.9 Å². The summed E-state index contributed by atoms with van der Waals surface area (Å²) in [5.74, 6) is -0.606. The van der Waals surface area contributed by atoms with E-state index in [1.807, 2.05) is 38.2 Å². The topological polar surface area (TPSA) is 150 Å². The Hall–Kier alpha value is -6.10. The monoisotopic (exact) mass is 782 g/mol. The summed E-state index contributed by atoms with van der Waals surface area (Å²) in [6, 6.07) is 21.6. The minimum absolute atomic E-state index is 0.0600. The number of nitriles is 1. The highest BCUT2D eigenvalue weighted by molar-refractivity contribution is 6.32. The van der Waals surface area contributed by atoms with Crippen molar-refractivity contribution in [2.45, 2.75) is 38.1 Å². The maximum atomic E-state index is 13.7. The van der Waals surface area contributed by atoms with E-state index >= 15 is 0 Å². The van der Waals surface area contributed by atoms with Crippen LogP contribution in [0.1, 0.15) is 58.5 Å². The minimum Gasteiger partial charge on any atom is -0.369 e. The molecule has 288 valence electrons. The van der Waals surface area contributed by atoms with Crippen LogP contribution in [0.4, 0.5) is 22.9 Å². The number of nitrogens with one attached hydrogen (secondary N) is 1. The zero-order chi connectivity index (χ0) is 39.7. The first-order valence-electron chi connectivity index (χ1n) is 19.1. The molecule has 3 aromatic carbocycles. The third kappa shape index (κ3) is 6.20. The third-order valence-electron chi connectivity index (χ3n) is 12.0. The summed E-state index contributed by atoms with van der Waals surface area (Å²) in [7, 11) is 0. The number of anilines is 4. The van der Waals surface area contributed by atoms with Gasteiger partial charge in [-0.1, -0.05) is 17.7 Å². The van der Waals surface area contributed by atoms with Crippen LogP contribution in [-0.4, -0.2) is 96.2 Å². The second-order valence-electron chi connectivity index (χ2n) is 15.9. The van der Waals surface area contributed by atoms with Gasteiger partial charge in [0.25, 0.3) is 11.8 Å². The zero-order valence-electron chi connectivity index (χ0n) is 31.5. The Bertz CT molecular complexity index is 2430. The van der Waals surface area contributed by atoms with Gasteiger partial charge >= 0.3 is 0 Å². The van der Waals surface area contributed by atoms with Gasteiger partial charge in [-0.05, 0) is 92.1 Å². The van der Waals surface area contributed by atoms with Gasteiger partial charge in [-0.25, -0.2) is 4.98 Å². The molecule has 4 aromatic rings. The van der Waals surface area contributed by atoms with Crippen molar-refractivity contribution >= 4 is 64.0 Å². The minimum atomic E-state index is -0.978. The van der Waals surface area contributed by atoms with Crippen molar-refractivity contribution in [2.24, 2.45) is 5.92 Å². The second kappa shape index (κ2) is 13.8. The van der Waals surface area contributed by atoms with Crippen LogP contribution < -0.4 is 20.0 Å². The Morgan fingerprint density at radius 1 is 0.842 bits per heavy atom. The summed E-state index contributed by atoms with van der Waals surface area (Å²) in [6.07, 6.45) is 2.11. The van der Waals surface area contributed by atoms with Crippen molar-refractivity contribution in [3.63, 3.8) is 0 Å². The molecule has 0 bridgehead atoms. The molecule has 3 saturated heterocycles. The van der Waals surface area contributed by atoms with E-state index in [1.54, 1.807) is 35.2 Å². The number of hydrogen-bond donors (Lipinski definition) is 1. The lowest BCUT2D eigenvalue weighted by atomic mass is 9.85. The van der Waals surface area contributed by atoms with Crippen LogP contribution in [0.3, 0.4) is 0 Å². The molecule has 9 rings (SSSR count). The van der Waals surface area contributed by atoms with Gasteiger partial charge in [-0.2, -0.15) is 5.26 Å². The van der Waals surface area contributed by atoms with Gasteiger partial charge in [0.1, 0.15) is 17.9 Å². The van der Waals surface area contributed by atoms with Crippen molar-refractivity contribution in [3.05, 3.63) is 100 Å². The van der Waals surface area contributed by atoms with E-state index in [-0.39, 0.29) is 24.3 Å². The highest BCUT2D eigenvalue weighted by Gasteiger charge is 2.46. The van der Waals surface area contributed by atoms with E-state index < -0.39 is 35.1 Å². The van der Waals surface area contributed by atoms with Gasteiger partial charge in [0.05, 0.1) is 38.5 Å². The molecule has 0 radical (unpaired) electrons. The van der Waals surface area contributed by atoms with Crippen LogP contribution >= 0.6 is 11.6 Å². The Labute approximate surface area is 334 Å². The fourth-order valence-electron chi connectivity index (χ4n) is 8.73. The van der Waals surface area contributed by atoms with E-state index in [0.717, 1.165) is 84.6 Å². The number of nitrogens with zero attached hydrogens (tertiary/aromatic N) is 7. The molecule has 6 heterocycles. The van der Waals surface area contributed by atoms with Crippen molar-refractivity contribution < 1.29 is 24.0 Å². The largest absolute Gasteiger partial charge is 0.369 e. The molecular weight excluding hydrogens is 744 g/mol. The predicted octanol–water partition coefficient (Wildman–Crippen LogP) is 4.89. The molecule has 3 fully saturated rings. The van der Waals surface area contributed by atoms with E-state index in [9.17, 15) is 29.2 Å². The molecule has 1 atom stereocenters. The quantitative estimate of drug-likeness (QED) is 0.257. The predicted molar refractivity (Wildman–Crippen MR) is 213 cm³/mol. The molecule has 1 N–H and O–H groups in total. The van der Waals surface area contributed by atoms with Crippen LogP contribution in [0.25, 0.3) is 11.1 Å². The van der Waals surface area contributed by atoms with E-state index in [0.29, 0.717) is 27.8 Å². The van der Waals surface area contributed by atoms with Gasteiger partial charge < -0.3 is 9.80 Å². The van der Waals surface area contributed by atoms with Crippen LogP contribution in [0.2, 0.25) is 5.02 Å². The third-order valence-corrected chi connectivity index (χ3v) is 12.3. The normalized spacial score (nSPS) is 20.7. The first kappa shape index (κ1) is 36.5. The molecule has 0 spiro atoms. The smallest absolute Gasteiger partial charge is 0.262 e. The van der Waals surface area contributed by atoms with E-state index in [4.69, 9.17) is 16.6 Å². The van der Waals surface area contributed by atoms with Gasteiger partial charge in [0.15, 0.2) is 0 Å². The molecule has 5 amide bonds. The number of imide groups is 2. The molecular formula is C43H39ClN8O5. The second-order valence-corrected chi connectivity index (χ2v) is 16.3. The molecule has 5 aliphatic heterocycles. The zero-order valence-corrected chi connectivity index (χ0v) is 32.3. The van der Waals surface area contributed by atoms with Crippen LogP contribution in [-0.2, 0) is 19.8 Å². The number of rotatable bonds is 7. The van der Waals surface area contributed by atoms with E-state index in [2.05, 4.69) is 44.3 Å². The number of pyridine rings is 1. The average Bonchev–Trinajstić information content (AvgIpc) is 3.56. The Morgan fingerprint density at radius 3 is 2.28 bits per heavy atom. The number of amides is 5.